The molecule has 3 aromatic rings. The third-order valence-corrected chi connectivity index (χ3v) is 4.48. The van der Waals surface area contributed by atoms with Crippen LogP contribution >= 0.6 is 23.2 Å². The van der Waals surface area contributed by atoms with Crippen LogP contribution in [-0.2, 0) is 5.41 Å². The first-order chi connectivity index (χ1) is 12.2. The molecule has 0 spiro atoms. The Hall–Kier alpha value is -2.44. The highest BCUT2D eigenvalue weighted by Crippen LogP contribution is 2.25. The molecular weight excluding hydrogens is 373 g/mol. The largest absolute Gasteiger partial charge is 0.289 e. The minimum atomic E-state index is -0.426. The van der Waals surface area contributed by atoms with E-state index < -0.39 is 5.91 Å². The van der Waals surface area contributed by atoms with Gasteiger partial charge in [-0.1, -0.05) is 68.2 Å². The molecule has 0 atom stereocenters. The van der Waals surface area contributed by atoms with E-state index in [0.717, 1.165) is 5.56 Å². The summed E-state index contributed by atoms with van der Waals surface area (Å²) in [5.41, 5.74) is 2.44. The van der Waals surface area contributed by atoms with Gasteiger partial charge in [-0.15, -0.1) is 5.10 Å². The second-order valence-corrected chi connectivity index (χ2v) is 7.55. The predicted molar refractivity (Wildman–Crippen MR) is 103 cm³/mol. The van der Waals surface area contributed by atoms with Crippen molar-refractivity contribution in [2.75, 3.05) is 5.32 Å². The summed E-state index contributed by atoms with van der Waals surface area (Å²) >= 11 is 11.6. The van der Waals surface area contributed by atoms with Crippen LogP contribution in [0.2, 0.25) is 10.2 Å². The van der Waals surface area contributed by atoms with E-state index in [1.54, 1.807) is 0 Å². The molecule has 8 heteroatoms. The van der Waals surface area contributed by atoms with Crippen LogP contribution in [0.3, 0.4) is 0 Å². The highest BCUT2D eigenvalue weighted by atomic mass is 35.5. The molecule has 0 saturated carbocycles. The second kappa shape index (κ2) is 7.05. The fraction of sp³-hybridized carbons (Fsp3) is 0.222. The number of halogens is 2. The Balaban J connectivity index is 1.75. The number of hydrogen-bond donors (Lipinski definition) is 2. The van der Waals surface area contributed by atoms with E-state index in [9.17, 15) is 4.79 Å². The average Bonchev–Trinajstić information content (AvgIpc) is 3.05. The number of benzene rings is 1. The zero-order chi connectivity index (χ0) is 18.9. The summed E-state index contributed by atoms with van der Waals surface area (Å²) in [6, 6.07) is 9.48. The van der Waals surface area contributed by atoms with Gasteiger partial charge >= 0.3 is 0 Å². The second-order valence-electron chi connectivity index (χ2n) is 6.79. The number of carbonyl (C=O) groups excluding carboxylic acids is 1. The zero-order valence-corrected chi connectivity index (χ0v) is 16.0. The maximum Gasteiger partial charge on any atom is 0.259 e. The highest BCUT2D eigenvalue weighted by molar-refractivity contribution is 6.41. The van der Waals surface area contributed by atoms with Gasteiger partial charge in [0.15, 0.2) is 5.82 Å². The summed E-state index contributed by atoms with van der Waals surface area (Å²) in [7, 11) is 0. The maximum atomic E-state index is 12.2. The minimum absolute atomic E-state index is 0.0764. The van der Waals surface area contributed by atoms with Crippen molar-refractivity contribution in [2.24, 2.45) is 0 Å². The zero-order valence-electron chi connectivity index (χ0n) is 14.5. The van der Waals surface area contributed by atoms with Crippen LogP contribution in [0.4, 0.5) is 5.95 Å². The van der Waals surface area contributed by atoms with Crippen molar-refractivity contribution in [3.05, 3.63) is 57.8 Å². The van der Waals surface area contributed by atoms with Crippen LogP contribution in [0, 0.1) is 0 Å². The van der Waals surface area contributed by atoms with Gasteiger partial charge < -0.3 is 0 Å². The van der Waals surface area contributed by atoms with E-state index >= 15 is 0 Å². The Morgan fingerprint density at radius 3 is 2.46 bits per heavy atom. The van der Waals surface area contributed by atoms with Crippen molar-refractivity contribution < 1.29 is 4.79 Å². The van der Waals surface area contributed by atoms with Gasteiger partial charge in [-0.3, -0.25) is 15.2 Å². The molecule has 0 saturated heterocycles. The summed E-state index contributed by atoms with van der Waals surface area (Å²) in [4.78, 5) is 20.4. The number of amides is 1. The smallest absolute Gasteiger partial charge is 0.259 e. The number of nitrogens with one attached hydrogen (secondary N) is 2. The quantitative estimate of drug-likeness (QED) is 0.634. The van der Waals surface area contributed by atoms with Gasteiger partial charge in [-0.05, 0) is 17.0 Å². The molecule has 0 unspecified atom stereocenters. The Morgan fingerprint density at radius 1 is 1.15 bits per heavy atom. The van der Waals surface area contributed by atoms with Crippen molar-refractivity contribution in [3.63, 3.8) is 0 Å². The fourth-order valence-electron chi connectivity index (χ4n) is 2.29. The first-order valence-corrected chi connectivity index (χ1v) is 8.65. The van der Waals surface area contributed by atoms with Crippen LogP contribution in [0.1, 0.15) is 36.7 Å². The molecule has 134 valence electrons. The molecule has 0 aliphatic carbocycles. The first kappa shape index (κ1) is 18.4. The number of carbonyl (C=O) groups is 1. The Bertz CT molecular complexity index is 945. The number of rotatable bonds is 3. The van der Waals surface area contributed by atoms with Crippen LogP contribution in [0.5, 0.6) is 0 Å². The monoisotopic (exact) mass is 389 g/mol. The number of pyridine rings is 1. The van der Waals surface area contributed by atoms with E-state index in [2.05, 4.69) is 58.4 Å². The van der Waals surface area contributed by atoms with Crippen LogP contribution < -0.4 is 5.32 Å². The summed E-state index contributed by atoms with van der Waals surface area (Å²) < 4.78 is 0. The van der Waals surface area contributed by atoms with Crippen LogP contribution in [0.15, 0.2) is 36.5 Å². The molecule has 26 heavy (non-hydrogen) atoms. The topological polar surface area (TPSA) is 83.6 Å². The van der Waals surface area contributed by atoms with Gasteiger partial charge in [-0.2, -0.15) is 4.98 Å². The minimum Gasteiger partial charge on any atom is -0.289 e. The van der Waals surface area contributed by atoms with Crippen LogP contribution in [-0.4, -0.2) is 26.1 Å². The summed E-state index contributed by atoms with van der Waals surface area (Å²) in [6.45, 7) is 6.46. The van der Waals surface area contributed by atoms with Crippen molar-refractivity contribution in [1.29, 1.82) is 0 Å². The molecule has 0 bridgehead atoms. The molecule has 0 aliphatic heterocycles. The first-order valence-electron chi connectivity index (χ1n) is 7.90. The molecule has 2 aromatic heterocycles. The molecule has 3 rings (SSSR count). The average molecular weight is 390 g/mol. The number of aromatic amines is 1. The Morgan fingerprint density at radius 2 is 1.85 bits per heavy atom. The van der Waals surface area contributed by atoms with Gasteiger partial charge in [0, 0.05) is 11.8 Å². The maximum absolute atomic E-state index is 12.2. The number of nitrogens with zero attached hydrogens (tertiary/aromatic N) is 3. The molecule has 0 fully saturated rings. The van der Waals surface area contributed by atoms with E-state index in [1.807, 2.05) is 12.1 Å². The SMILES string of the molecule is CC(C)(C)c1ccc(-c2nc(NC(=O)c3cnc(Cl)c(Cl)c3)n[nH]2)cc1. The Labute approximate surface area is 161 Å². The van der Waals surface area contributed by atoms with Crippen molar-refractivity contribution in [3.8, 4) is 11.4 Å². The molecule has 1 aromatic carbocycles. The van der Waals surface area contributed by atoms with E-state index in [0.29, 0.717) is 5.82 Å². The number of anilines is 1. The molecule has 2 N–H and O–H groups in total. The summed E-state index contributed by atoms with van der Waals surface area (Å²) in [5.74, 6) is 0.300. The summed E-state index contributed by atoms with van der Waals surface area (Å²) in [5, 5.41) is 9.78. The van der Waals surface area contributed by atoms with Crippen molar-refractivity contribution in [2.45, 2.75) is 26.2 Å². The molecule has 1 amide bonds. The number of H-pyrrole nitrogens is 1. The predicted octanol–water partition coefficient (Wildman–Crippen LogP) is 4.72. The summed E-state index contributed by atoms with van der Waals surface area (Å²) in [6.07, 6.45) is 1.34. The van der Waals surface area contributed by atoms with Crippen molar-refractivity contribution in [1.82, 2.24) is 20.2 Å². The fourth-order valence-corrected chi connectivity index (χ4v) is 2.56. The lowest BCUT2D eigenvalue weighted by atomic mass is 9.87. The molecule has 0 radical (unpaired) electrons. The lowest BCUT2D eigenvalue weighted by molar-refractivity contribution is 0.102. The molecular formula is C18H17Cl2N5O. The van der Waals surface area contributed by atoms with E-state index in [4.69, 9.17) is 23.2 Å². The third-order valence-electron chi connectivity index (χ3n) is 3.79. The van der Waals surface area contributed by atoms with Gasteiger partial charge in [0.1, 0.15) is 5.15 Å². The highest BCUT2D eigenvalue weighted by Gasteiger charge is 2.15. The van der Waals surface area contributed by atoms with E-state index in [1.165, 1.54) is 17.8 Å². The molecule has 6 nitrogen and oxygen atoms in total. The van der Waals surface area contributed by atoms with Crippen molar-refractivity contribution >= 4 is 35.1 Å². The Kier molecular flexibility index (Phi) is 4.98. The lowest BCUT2D eigenvalue weighted by Crippen LogP contribution is -2.13. The van der Waals surface area contributed by atoms with Gasteiger partial charge in [-0.25, -0.2) is 4.98 Å². The lowest BCUT2D eigenvalue weighted by Gasteiger charge is -2.18. The third kappa shape index (κ3) is 4.03. The van der Waals surface area contributed by atoms with E-state index in [-0.39, 0.29) is 27.1 Å². The molecule has 0 aliphatic rings. The normalized spacial score (nSPS) is 11.4. The van der Waals surface area contributed by atoms with Gasteiger partial charge in [0.25, 0.3) is 5.91 Å². The standard InChI is InChI=1S/C18H17Cl2N5O/c1-18(2,3)12-6-4-10(5-7-12)15-22-17(25-24-15)23-16(26)11-8-13(19)14(20)21-9-11/h4-9H,1-3H3,(H2,22,23,24,25,26). The molecule has 2 heterocycles. The number of aromatic nitrogens is 4. The van der Waals surface area contributed by atoms with Crippen LogP contribution in [0.25, 0.3) is 11.4 Å². The van der Waals surface area contributed by atoms with Gasteiger partial charge in [0.05, 0.1) is 10.6 Å². The number of hydrogen-bond acceptors (Lipinski definition) is 4. The van der Waals surface area contributed by atoms with Gasteiger partial charge in [0.2, 0.25) is 5.95 Å².